The van der Waals surface area contributed by atoms with Gasteiger partial charge in [-0.15, -0.1) is 22.7 Å². The minimum absolute atomic E-state index is 0.758. The molecule has 47 heavy (non-hydrogen) atoms. The lowest BCUT2D eigenvalue weighted by Gasteiger charge is -2.14. The Balaban J connectivity index is 1.24. The molecule has 3 heterocycles. The van der Waals surface area contributed by atoms with E-state index in [2.05, 4.69) is 52.2 Å². The molecule has 0 bridgehead atoms. The molecule has 0 N–H and O–H groups in total. The summed E-state index contributed by atoms with van der Waals surface area (Å²) in [5.74, 6) is 2.05. The molecule has 0 saturated heterocycles. The molecule has 3 aromatic heterocycles. The highest BCUT2D eigenvalue weighted by atomic mass is 32.1. The predicted octanol–water partition coefficient (Wildman–Crippen LogP) is 14.4. The molecule has 0 fully saturated rings. The van der Waals surface area contributed by atoms with E-state index in [9.17, 15) is 0 Å². The number of nitrogens with zero attached hydrogens (tertiary/aromatic N) is 2. The molecule has 7 heteroatoms. The van der Waals surface area contributed by atoms with Gasteiger partial charge in [0.15, 0.2) is 0 Å². The van der Waals surface area contributed by atoms with E-state index in [1.807, 2.05) is 6.07 Å². The summed E-state index contributed by atoms with van der Waals surface area (Å²) in [4.78, 5) is 1.20. The maximum atomic E-state index is 6.69. The first-order valence-electron chi connectivity index (χ1n) is 18.8. The van der Waals surface area contributed by atoms with Gasteiger partial charge in [-0.3, -0.25) is 0 Å². The van der Waals surface area contributed by atoms with Crippen molar-refractivity contribution in [2.75, 3.05) is 13.2 Å². The Kier molecular flexibility index (Phi) is 15.6. The van der Waals surface area contributed by atoms with Crippen LogP contribution in [0.4, 0.5) is 0 Å². The van der Waals surface area contributed by atoms with E-state index >= 15 is 0 Å². The third kappa shape index (κ3) is 10.4. The Morgan fingerprint density at radius 2 is 1.13 bits per heavy atom. The van der Waals surface area contributed by atoms with Crippen molar-refractivity contribution in [3.8, 4) is 21.9 Å². The smallest absolute Gasteiger partial charge is 0.146 e. The van der Waals surface area contributed by atoms with Crippen molar-refractivity contribution in [2.45, 2.75) is 142 Å². The Morgan fingerprint density at radius 3 is 1.72 bits per heavy atom. The van der Waals surface area contributed by atoms with Crippen LogP contribution in [0, 0.1) is 0 Å². The van der Waals surface area contributed by atoms with Gasteiger partial charge in [-0.2, -0.15) is 8.75 Å². The standard InChI is InChI=1S/C40H56N2O2S3/c1-3-5-7-9-11-13-15-17-19-21-27-43-37-32-26-29-45-39(32)38(44-28-22-20-18-16-14-12-10-8-6-4-2)33-30-35(46-40(33)37)31-24-23-25-34-36(31)42-47-41-34/h23-26,29-30H,3-22,27-28H2,1-2H3. The molecule has 0 atom stereocenters. The van der Waals surface area contributed by atoms with Gasteiger partial charge in [0.05, 0.1) is 34.3 Å². The van der Waals surface area contributed by atoms with Gasteiger partial charge in [-0.25, -0.2) is 0 Å². The highest BCUT2D eigenvalue weighted by Crippen LogP contribution is 2.51. The second kappa shape index (κ2) is 20.3. The SMILES string of the molecule is CCCCCCCCCCCCOc1c2cc(-c3cccc4nsnc34)sc2c(OCCCCCCCCCCCC)c2ccsc12. The lowest BCUT2D eigenvalue weighted by atomic mass is 10.1. The van der Waals surface area contributed by atoms with Gasteiger partial charge in [0.2, 0.25) is 0 Å². The van der Waals surface area contributed by atoms with E-state index in [1.54, 1.807) is 22.7 Å². The maximum Gasteiger partial charge on any atom is 0.146 e. The van der Waals surface area contributed by atoms with Crippen LogP contribution < -0.4 is 9.47 Å². The van der Waals surface area contributed by atoms with Crippen molar-refractivity contribution in [3.05, 3.63) is 35.7 Å². The zero-order valence-electron chi connectivity index (χ0n) is 29.0. The number of benzene rings is 2. The lowest BCUT2D eigenvalue weighted by molar-refractivity contribution is 0.307. The average molecular weight is 693 g/mol. The fourth-order valence-corrected chi connectivity index (χ4v) is 9.24. The van der Waals surface area contributed by atoms with Crippen LogP contribution in [-0.4, -0.2) is 22.0 Å². The zero-order chi connectivity index (χ0) is 32.5. The fourth-order valence-electron chi connectivity index (χ4n) is 6.59. The Hall–Kier alpha value is -2.22. The first kappa shape index (κ1) is 36.1. The molecule has 0 spiro atoms. The molecular weight excluding hydrogens is 637 g/mol. The van der Waals surface area contributed by atoms with Crippen molar-refractivity contribution >= 4 is 65.6 Å². The molecule has 2 aromatic carbocycles. The largest absolute Gasteiger partial charge is 0.491 e. The third-order valence-electron chi connectivity index (χ3n) is 9.34. The minimum atomic E-state index is 0.758. The number of thiophene rings is 2. The van der Waals surface area contributed by atoms with Crippen molar-refractivity contribution in [1.29, 1.82) is 0 Å². The summed E-state index contributed by atoms with van der Waals surface area (Å²) < 4.78 is 24.9. The van der Waals surface area contributed by atoms with E-state index in [-0.39, 0.29) is 0 Å². The van der Waals surface area contributed by atoms with Crippen LogP contribution in [0.5, 0.6) is 11.5 Å². The van der Waals surface area contributed by atoms with Gasteiger partial charge in [0.25, 0.3) is 0 Å². The second-order valence-corrected chi connectivity index (χ2v) is 15.7. The summed E-state index contributed by atoms with van der Waals surface area (Å²) >= 11 is 4.86. The van der Waals surface area contributed by atoms with Crippen molar-refractivity contribution < 1.29 is 9.47 Å². The van der Waals surface area contributed by atoms with E-state index in [0.29, 0.717) is 0 Å². The first-order valence-corrected chi connectivity index (χ1v) is 21.2. The summed E-state index contributed by atoms with van der Waals surface area (Å²) in [5, 5.41) is 4.55. The molecule has 0 saturated carbocycles. The molecule has 0 radical (unpaired) electrons. The van der Waals surface area contributed by atoms with Crippen LogP contribution in [0.15, 0.2) is 35.7 Å². The highest BCUT2D eigenvalue weighted by Gasteiger charge is 2.22. The highest BCUT2D eigenvalue weighted by molar-refractivity contribution is 7.23. The number of ether oxygens (including phenoxy) is 2. The normalized spacial score (nSPS) is 11.8. The van der Waals surface area contributed by atoms with Gasteiger partial charge in [-0.1, -0.05) is 142 Å². The second-order valence-electron chi connectivity index (χ2n) is 13.2. The van der Waals surface area contributed by atoms with Gasteiger partial charge in [0, 0.05) is 21.2 Å². The predicted molar refractivity (Wildman–Crippen MR) is 208 cm³/mol. The molecule has 0 aliphatic heterocycles. The lowest BCUT2D eigenvalue weighted by Crippen LogP contribution is -2.00. The Bertz CT molecular complexity index is 1530. The van der Waals surface area contributed by atoms with E-state index < -0.39 is 0 Å². The van der Waals surface area contributed by atoms with Gasteiger partial charge in [-0.05, 0) is 36.4 Å². The molecule has 0 unspecified atom stereocenters. The van der Waals surface area contributed by atoms with Crippen LogP contribution in [0.3, 0.4) is 0 Å². The molecule has 0 aliphatic rings. The minimum Gasteiger partial charge on any atom is -0.491 e. The zero-order valence-corrected chi connectivity index (χ0v) is 31.4. The van der Waals surface area contributed by atoms with Crippen molar-refractivity contribution in [3.63, 3.8) is 0 Å². The first-order chi connectivity index (χ1) is 23.3. The third-order valence-corrected chi connectivity index (χ3v) is 12.0. The molecule has 4 nitrogen and oxygen atoms in total. The summed E-state index contributed by atoms with van der Waals surface area (Å²) in [7, 11) is 0. The summed E-state index contributed by atoms with van der Waals surface area (Å²) in [6.45, 7) is 6.09. The number of aromatic nitrogens is 2. The van der Waals surface area contributed by atoms with E-state index in [1.165, 1.54) is 152 Å². The molecule has 256 valence electrons. The maximum absolute atomic E-state index is 6.69. The fraction of sp³-hybridized carbons (Fsp3) is 0.600. The van der Waals surface area contributed by atoms with E-state index in [0.717, 1.165) is 54.2 Å². The number of hydrogen-bond donors (Lipinski definition) is 0. The van der Waals surface area contributed by atoms with Gasteiger partial charge in [0.1, 0.15) is 22.5 Å². The Labute approximate surface area is 295 Å². The number of hydrogen-bond acceptors (Lipinski definition) is 7. The molecule has 0 amide bonds. The molecule has 5 aromatic rings. The topological polar surface area (TPSA) is 44.2 Å². The monoisotopic (exact) mass is 692 g/mol. The van der Waals surface area contributed by atoms with Crippen LogP contribution >= 0.6 is 34.4 Å². The Morgan fingerprint density at radius 1 is 0.574 bits per heavy atom. The average Bonchev–Trinajstić information content (AvgIpc) is 3.87. The molecule has 0 aliphatic carbocycles. The van der Waals surface area contributed by atoms with Crippen molar-refractivity contribution in [1.82, 2.24) is 8.75 Å². The quantitative estimate of drug-likeness (QED) is 0.0571. The summed E-state index contributed by atoms with van der Waals surface area (Å²) in [6, 6.07) is 10.9. The van der Waals surface area contributed by atoms with Gasteiger partial charge < -0.3 is 9.47 Å². The van der Waals surface area contributed by atoms with Gasteiger partial charge >= 0.3 is 0 Å². The van der Waals surface area contributed by atoms with Crippen molar-refractivity contribution in [2.24, 2.45) is 0 Å². The van der Waals surface area contributed by atoms with Crippen LogP contribution in [0.1, 0.15) is 142 Å². The van der Waals surface area contributed by atoms with Crippen LogP contribution in [0.2, 0.25) is 0 Å². The number of unbranched alkanes of at least 4 members (excludes halogenated alkanes) is 18. The number of rotatable bonds is 25. The van der Waals surface area contributed by atoms with Crippen LogP contribution in [0.25, 0.3) is 41.6 Å². The number of fused-ring (bicyclic) bond motifs is 3. The van der Waals surface area contributed by atoms with E-state index in [4.69, 9.17) is 9.47 Å². The summed E-state index contributed by atoms with van der Waals surface area (Å²) in [6.07, 6.45) is 26.5. The summed E-state index contributed by atoms with van der Waals surface area (Å²) in [5.41, 5.74) is 3.08. The van der Waals surface area contributed by atoms with Crippen LogP contribution in [-0.2, 0) is 0 Å². The molecular formula is C40H56N2O2S3. The molecule has 5 rings (SSSR count).